The third kappa shape index (κ3) is 3.74. The Morgan fingerprint density at radius 1 is 1.21 bits per heavy atom. The quantitative estimate of drug-likeness (QED) is 0.891. The van der Waals surface area contributed by atoms with Crippen LogP contribution in [-0.4, -0.2) is 17.1 Å². The van der Waals surface area contributed by atoms with Crippen molar-refractivity contribution in [2.75, 3.05) is 7.11 Å². The highest BCUT2D eigenvalue weighted by molar-refractivity contribution is 5.30. The Morgan fingerprint density at radius 3 is 2.79 bits per heavy atom. The maximum Gasteiger partial charge on any atom is 0.322 e. The Balaban J connectivity index is 2.20. The molecule has 0 radical (unpaired) electrons. The molecule has 2 N–H and O–H groups in total. The van der Waals surface area contributed by atoms with Crippen LogP contribution in [0.15, 0.2) is 30.3 Å². The Kier molecular flexibility index (Phi) is 4.43. The predicted molar refractivity (Wildman–Crippen MR) is 71.9 cm³/mol. The first-order valence-electron chi connectivity index (χ1n) is 6.01. The summed E-state index contributed by atoms with van der Waals surface area (Å²) < 4.78 is 10.7. The van der Waals surface area contributed by atoms with Crippen LogP contribution in [0.4, 0.5) is 0 Å². The van der Waals surface area contributed by atoms with Crippen molar-refractivity contribution in [2.45, 2.75) is 20.1 Å². The molecule has 0 spiro atoms. The van der Waals surface area contributed by atoms with E-state index in [0.29, 0.717) is 24.9 Å². The van der Waals surface area contributed by atoms with Crippen molar-refractivity contribution >= 4 is 0 Å². The minimum Gasteiger partial charge on any atom is -0.424 e. The molecule has 0 saturated carbocycles. The molecule has 0 fully saturated rings. The molecule has 2 rings (SSSR count). The van der Waals surface area contributed by atoms with Crippen molar-refractivity contribution in [3.63, 3.8) is 0 Å². The van der Waals surface area contributed by atoms with Gasteiger partial charge < -0.3 is 15.2 Å². The second-order valence-corrected chi connectivity index (χ2v) is 4.17. The van der Waals surface area contributed by atoms with E-state index in [2.05, 4.69) is 9.97 Å². The Bertz CT molecular complexity index is 558. The van der Waals surface area contributed by atoms with E-state index in [9.17, 15) is 0 Å². The van der Waals surface area contributed by atoms with Crippen molar-refractivity contribution in [1.29, 1.82) is 0 Å². The number of aryl methyl sites for hydroxylation is 1. The summed E-state index contributed by atoms with van der Waals surface area (Å²) in [5.74, 6) is 0.683. The average molecular weight is 259 g/mol. The molecule has 5 heteroatoms. The van der Waals surface area contributed by atoms with Crippen molar-refractivity contribution in [2.24, 2.45) is 5.73 Å². The molecule has 0 aliphatic rings. The molecular formula is C14H17N3O2. The topological polar surface area (TPSA) is 70.3 Å². The maximum absolute atomic E-state index is 5.66. The number of nitrogens with two attached hydrogens (primary N) is 1. The second kappa shape index (κ2) is 6.26. The fourth-order valence-corrected chi connectivity index (χ4v) is 1.73. The van der Waals surface area contributed by atoms with Gasteiger partial charge in [0.25, 0.3) is 0 Å². The van der Waals surface area contributed by atoms with Crippen LogP contribution in [0.3, 0.4) is 0 Å². The molecule has 19 heavy (non-hydrogen) atoms. The molecule has 0 amide bonds. The molecule has 0 bridgehead atoms. The number of rotatable bonds is 5. The first kappa shape index (κ1) is 13.5. The van der Waals surface area contributed by atoms with Gasteiger partial charge in [-0.05, 0) is 30.7 Å². The Morgan fingerprint density at radius 2 is 2.05 bits per heavy atom. The van der Waals surface area contributed by atoms with Gasteiger partial charge in [0.1, 0.15) is 5.75 Å². The molecule has 1 heterocycles. The van der Waals surface area contributed by atoms with Crippen molar-refractivity contribution in [3.05, 3.63) is 47.3 Å². The van der Waals surface area contributed by atoms with Crippen LogP contribution in [0.25, 0.3) is 0 Å². The number of methoxy groups -OCH3 is 1. The molecule has 0 unspecified atom stereocenters. The summed E-state index contributed by atoms with van der Waals surface area (Å²) in [7, 11) is 1.66. The van der Waals surface area contributed by atoms with Crippen LogP contribution in [0.1, 0.15) is 17.0 Å². The second-order valence-electron chi connectivity index (χ2n) is 4.17. The van der Waals surface area contributed by atoms with Gasteiger partial charge in [-0.25, -0.2) is 4.98 Å². The third-order valence-electron chi connectivity index (χ3n) is 2.51. The highest BCUT2D eigenvalue weighted by Crippen LogP contribution is 2.20. The minimum absolute atomic E-state index is 0.315. The standard InChI is InChI=1S/C14H17N3O2/c1-10-6-12(8-15)17-14(16-10)19-13-5-3-4-11(7-13)9-18-2/h3-7H,8-9,15H2,1-2H3. The van der Waals surface area contributed by atoms with Gasteiger partial charge in [0, 0.05) is 19.3 Å². The Hall–Kier alpha value is -1.98. The van der Waals surface area contributed by atoms with Crippen LogP contribution in [0.2, 0.25) is 0 Å². The van der Waals surface area contributed by atoms with Crippen LogP contribution in [0, 0.1) is 6.92 Å². The molecule has 1 aromatic carbocycles. The third-order valence-corrected chi connectivity index (χ3v) is 2.51. The monoisotopic (exact) mass is 259 g/mol. The summed E-state index contributed by atoms with van der Waals surface area (Å²) in [5, 5.41) is 0. The number of hydrogen-bond donors (Lipinski definition) is 1. The summed E-state index contributed by atoms with van der Waals surface area (Å²) in [6.07, 6.45) is 0. The summed E-state index contributed by atoms with van der Waals surface area (Å²) in [4.78, 5) is 8.47. The number of nitrogens with zero attached hydrogens (tertiary/aromatic N) is 2. The maximum atomic E-state index is 5.66. The number of benzene rings is 1. The number of ether oxygens (including phenoxy) is 2. The van der Waals surface area contributed by atoms with Crippen LogP contribution < -0.4 is 10.5 Å². The van der Waals surface area contributed by atoms with Crippen LogP contribution >= 0.6 is 0 Å². The zero-order valence-corrected chi connectivity index (χ0v) is 11.1. The summed E-state index contributed by atoms with van der Waals surface area (Å²) in [6, 6.07) is 9.79. The van der Waals surface area contributed by atoms with Gasteiger partial charge in [0.15, 0.2) is 0 Å². The van der Waals surface area contributed by atoms with E-state index in [0.717, 1.165) is 17.0 Å². The fraction of sp³-hybridized carbons (Fsp3) is 0.286. The van der Waals surface area contributed by atoms with E-state index >= 15 is 0 Å². The smallest absolute Gasteiger partial charge is 0.322 e. The first-order chi connectivity index (χ1) is 9.21. The minimum atomic E-state index is 0.315. The summed E-state index contributed by atoms with van der Waals surface area (Å²) >= 11 is 0. The van der Waals surface area contributed by atoms with Crippen LogP contribution in [0.5, 0.6) is 11.8 Å². The molecule has 100 valence electrons. The molecule has 0 aliphatic carbocycles. The van der Waals surface area contributed by atoms with Gasteiger partial charge in [-0.3, -0.25) is 0 Å². The van der Waals surface area contributed by atoms with Gasteiger partial charge in [0.05, 0.1) is 12.3 Å². The highest BCUT2D eigenvalue weighted by atomic mass is 16.5. The average Bonchev–Trinajstić information content (AvgIpc) is 2.39. The molecule has 0 aliphatic heterocycles. The van der Waals surface area contributed by atoms with Crippen molar-refractivity contribution < 1.29 is 9.47 Å². The van der Waals surface area contributed by atoms with E-state index in [1.54, 1.807) is 7.11 Å². The van der Waals surface area contributed by atoms with Crippen molar-refractivity contribution in [3.8, 4) is 11.8 Å². The van der Waals surface area contributed by atoms with Gasteiger partial charge in [0.2, 0.25) is 0 Å². The van der Waals surface area contributed by atoms with Gasteiger partial charge in [-0.1, -0.05) is 12.1 Å². The SMILES string of the molecule is COCc1cccc(Oc2nc(C)cc(CN)n2)c1. The molecule has 2 aromatic rings. The molecule has 5 nitrogen and oxygen atoms in total. The normalized spacial score (nSPS) is 10.5. The van der Waals surface area contributed by atoms with Crippen molar-refractivity contribution in [1.82, 2.24) is 9.97 Å². The highest BCUT2D eigenvalue weighted by Gasteiger charge is 2.04. The lowest BCUT2D eigenvalue weighted by molar-refractivity contribution is 0.184. The Labute approximate surface area is 112 Å². The number of hydrogen-bond acceptors (Lipinski definition) is 5. The zero-order chi connectivity index (χ0) is 13.7. The first-order valence-corrected chi connectivity index (χ1v) is 6.01. The molecule has 0 saturated heterocycles. The van der Waals surface area contributed by atoms with E-state index in [-0.39, 0.29) is 0 Å². The van der Waals surface area contributed by atoms with E-state index in [4.69, 9.17) is 15.2 Å². The summed E-state index contributed by atoms with van der Waals surface area (Å²) in [5.41, 5.74) is 8.21. The van der Waals surface area contributed by atoms with Gasteiger partial charge >= 0.3 is 6.01 Å². The molecular weight excluding hydrogens is 242 g/mol. The van der Waals surface area contributed by atoms with Gasteiger partial charge in [-0.15, -0.1) is 0 Å². The predicted octanol–water partition coefficient (Wildman–Crippen LogP) is 2.18. The molecule has 1 aromatic heterocycles. The largest absolute Gasteiger partial charge is 0.424 e. The number of aromatic nitrogens is 2. The molecule has 0 atom stereocenters. The van der Waals surface area contributed by atoms with E-state index in [1.807, 2.05) is 37.3 Å². The summed E-state index contributed by atoms with van der Waals surface area (Å²) in [6.45, 7) is 2.79. The lowest BCUT2D eigenvalue weighted by atomic mass is 10.2. The lowest BCUT2D eigenvalue weighted by Crippen LogP contribution is -2.03. The van der Waals surface area contributed by atoms with E-state index < -0.39 is 0 Å². The lowest BCUT2D eigenvalue weighted by Gasteiger charge is -2.07. The fourth-order valence-electron chi connectivity index (χ4n) is 1.73. The zero-order valence-electron chi connectivity index (χ0n) is 11.1. The van der Waals surface area contributed by atoms with E-state index in [1.165, 1.54) is 0 Å². The van der Waals surface area contributed by atoms with Crippen LogP contribution in [-0.2, 0) is 17.9 Å². The van der Waals surface area contributed by atoms with Gasteiger partial charge in [-0.2, -0.15) is 4.98 Å².